The van der Waals surface area contributed by atoms with Gasteiger partial charge in [0.2, 0.25) is 0 Å². The van der Waals surface area contributed by atoms with Crippen LogP contribution in [0.1, 0.15) is 24.3 Å². The highest BCUT2D eigenvalue weighted by molar-refractivity contribution is 7.09. The van der Waals surface area contributed by atoms with Crippen molar-refractivity contribution in [3.05, 3.63) is 40.7 Å². The summed E-state index contributed by atoms with van der Waals surface area (Å²) in [6.45, 7) is 2.06. The summed E-state index contributed by atoms with van der Waals surface area (Å²) >= 11 is 1.75. The molecule has 1 saturated carbocycles. The van der Waals surface area contributed by atoms with Gasteiger partial charge in [-0.25, -0.2) is 4.98 Å². The van der Waals surface area contributed by atoms with Crippen LogP contribution in [0.25, 0.3) is 11.3 Å². The predicted molar refractivity (Wildman–Crippen MR) is 76.6 cm³/mol. The van der Waals surface area contributed by atoms with Gasteiger partial charge in [0, 0.05) is 17.5 Å². The maximum Gasteiger partial charge on any atom is 0.107 e. The first-order chi connectivity index (χ1) is 8.92. The number of nitrogens with one attached hydrogen (secondary N) is 1. The monoisotopic (exact) mass is 258 g/mol. The minimum Gasteiger partial charge on any atom is -0.310 e. The second-order valence-corrected chi connectivity index (χ2v) is 5.86. The van der Waals surface area contributed by atoms with Crippen LogP contribution >= 0.6 is 11.3 Å². The van der Waals surface area contributed by atoms with Crippen molar-refractivity contribution >= 4 is 11.3 Å². The Labute approximate surface area is 112 Å². The lowest BCUT2D eigenvalue weighted by atomic mass is 9.85. The number of thiazole rings is 1. The van der Waals surface area contributed by atoms with Crippen LogP contribution in [0.2, 0.25) is 0 Å². The van der Waals surface area contributed by atoms with E-state index < -0.39 is 0 Å². The molecule has 0 amide bonds. The number of aromatic nitrogens is 1. The Balaban J connectivity index is 1.56. The first kappa shape index (κ1) is 11.9. The summed E-state index contributed by atoms with van der Waals surface area (Å²) in [6.07, 6.45) is 4.22. The molecule has 0 aliphatic heterocycles. The zero-order valence-electron chi connectivity index (χ0n) is 10.4. The number of rotatable bonds is 5. The van der Waals surface area contributed by atoms with Crippen LogP contribution < -0.4 is 5.32 Å². The Morgan fingerprint density at radius 2 is 2.06 bits per heavy atom. The van der Waals surface area contributed by atoms with E-state index in [1.54, 1.807) is 11.3 Å². The molecule has 94 valence electrons. The van der Waals surface area contributed by atoms with Crippen LogP contribution in [0.15, 0.2) is 35.7 Å². The summed E-state index contributed by atoms with van der Waals surface area (Å²) in [5.41, 5.74) is 2.31. The SMILES string of the molecule is c1ccc(-c2csc(CNCC3CCC3)n2)cc1. The van der Waals surface area contributed by atoms with Crippen molar-refractivity contribution in [2.45, 2.75) is 25.8 Å². The molecule has 1 aromatic carbocycles. The number of nitrogens with zero attached hydrogens (tertiary/aromatic N) is 1. The van der Waals surface area contributed by atoms with Gasteiger partial charge < -0.3 is 5.32 Å². The zero-order valence-corrected chi connectivity index (χ0v) is 11.2. The molecule has 1 aliphatic carbocycles. The molecule has 2 nitrogen and oxygen atoms in total. The number of benzene rings is 1. The Morgan fingerprint density at radius 1 is 1.22 bits per heavy atom. The summed E-state index contributed by atoms with van der Waals surface area (Å²) in [5, 5.41) is 6.85. The van der Waals surface area contributed by atoms with E-state index in [4.69, 9.17) is 0 Å². The molecule has 0 unspecified atom stereocenters. The van der Waals surface area contributed by atoms with Gasteiger partial charge in [-0.2, -0.15) is 0 Å². The van der Waals surface area contributed by atoms with Crippen LogP contribution in [-0.2, 0) is 6.54 Å². The molecule has 0 radical (unpaired) electrons. The molecule has 0 saturated heterocycles. The maximum absolute atomic E-state index is 4.68. The fourth-order valence-corrected chi connectivity index (χ4v) is 2.99. The Kier molecular flexibility index (Phi) is 3.72. The van der Waals surface area contributed by atoms with Crippen molar-refractivity contribution in [2.75, 3.05) is 6.54 Å². The highest BCUT2D eigenvalue weighted by Gasteiger charge is 2.16. The molecular formula is C15H18N2S. The van der Waals surface area contributed by atoms with Gasteiger partial charge in [-0.1, -0.05) is 36.8 Å². The van der Waals surface area contributed by atoms with Crippen molar-refractivity contribution < 1.29 is 0 Å². The highest BCUT2D eigenvalue weighted by atomic mass is 32.1. The van der Waals surface area contributed by atoms with Crippen LogP contribution in [0.4, 0.5) is 0 Å². The molecule has 18 heavy (non-hydrogen) atoms. The number of hydrogen-bond donors (Lipinski definition) is 1. The maximum atomic E-state index is 4.68. The summed E-state index contributed by atoms with van der Waals surface area (Å²) in [6, 6.07) is 10.4. The van der Waals surface area contributed by atoms with Crippen molar-refractivity contribution in [3.8, 4) is 11.3 Å². The lowest BCUT2D eigenvalue weighted by Crippen LogP contribution is -2.26. The fourth-order valence-electron chi connectivity index (χ4n) is 2.21. The Hall–Kier alpha value is -1.19. The Morgan fingerprint density at radius 3 is 2.78 bits per heavy atom. The van der Waals surface area contributed by atoms with E-state index in [1.165, 1.54) is 29.8 Å². The van der Waals surface area contributed by atoms with E-state index in [0.29, 0.717) is 0 Å². The van der Waals surface area contributed by atoms with Gasteiger partial charge in [-0.05, 0) is 25.3 Å². The van der Waals surface area contributed by atoms with Gasteiger partial charge in [0.05, 0.1) is 5.69 Å². The third-order valence-electron chi connectivity index (χ3n) is 3.56. The van der Waals surface area contributed by atoms with Gasteiger partial charge >= 0.3 is 0 Å². The second-order valence-electron chi connectivity index (χ2n) is 4.92. The molecule has 0 atom stereocenters. The summed E-state index contributed by atoms with van der Waals surface area (Å²) < 4.78 is 0. The molecular weight excluding hydrogens is 240 g/mol. The fraction of sp³-hybridized carbons (Fsp3) is 0.400. The molecule has 1 aliphatic rings. The minimum atomic E-state index is 0.911. The van der Waals surface area contributed by atoms with Crippen LogP contribution in [0, 0.1) is 5.92 Å². The third-order valence-corrected chi connectivity index (χ3v) is 4.40. The molecule has 0 spiro atoms. The van der Waals surface area contributed by atoms with Gasteiger partial charge in [0.1, 0.15) is 5.01 Å². The van der Waals surface area contributed by atoms with E-state index in [0.717, 1.165) is 24.7 Å². The van der Waals surface area contributed by atoms with Crippen LogP contribution in [0.5, 0.6) is 0 Å². The standard InChI is InChI=1S/C15H18N2S/c1-2-7-13(8-3-1)14-11-18-15(17-14)10-16-9-12-5-4-6-12/h1-3,7-8,11-12,16H,4-6,9-10H2. The molecule has 1 heterocycles. The van der Waals surface area contributed by atoms with Gasteiger partial charge in [-0.15, -0.1) is 11.3 Å². The van der Waals surface area contributed by atoms with Crippen molar-refractivity contribution in [1.29, 1.82) is 0 Å². The van der Waals surface area contributed by atoms with E-state index in [1.807, 2.05) is 6.07 Å². The predicted octanol–water partition coefficient (Wildman–Crippen LogP) is 3.70. The lowest BCUT2D eigenvalue weighted by molar-refractivity contribution is 0.301. The largest absolute Gasteiger partial charge is 0.310 e. The molecule has 1 aromatic heterocycles. The number of hydrogen-bond acceptors (Lipinski definition) is 3. The molecule has 3 rings (SSSR count). The topological polar surface area (TPSA) is 24.9 Å². The smallest absolute Gasteiger partial charge is 0.107 e. The first-order valence-electron chi connectivity index (χ1n) is 6.62. The van der Waals surface area contributed by atoms with Crippen molar-refractivity contribution in [3.63, 3.8) is 0 Å². The second kappa shape index (κ2) is 5.63. The summed E-state index contributed by atoms with van der Waals surface area (Å²) in [4.78, 5) is 4.68. The molecule has 1 fully saturated rings. The molecule has 3 heteroatoms. The minimum absolute atomic E-state index is 0.911. The normalized spacial score (nSPS) is 15.6. The van der Waals surface area contributed by atoms with E-state index in [-0.39, 0.29) is 0 Å². The van der Waals surface area contributed by atoms with Crippen LogP contribution in [-0.4, -0.2) is 11.5 Å². The van der Waals surface area contributed by atoms with Crippen LogP contribution in [0.3, 0.4) is 0 Å². The van der Waals surface area contributed by atoms with Gasteiger partial charge in [0.15, 0.2) is 0 Å². The average Bonchev–Trinajstić information content (AvgIpc) is 2.82. The van der Waals surface area contributed by atoms with Crippen molar-refractivity contribution in [2.24, 2.45) is 5.92 Å². The Bertz CT molecular complexity index is 488. The summed E-state index contributed by atoms with van der Waals surface area (Å²) in [5.74, 6) is 0.915. The van der Waals surface area contributed by atoms with Gasteiger partial charge in [-0.3, -0.25) is 0 Å². The lowest BCUT2D eigenvalue weighted by Gasteiger charge is -2.25. The molecule has 2 aromatic rings. The zero-order chi connectivity index (χ0) is 12.2. The first-order valence-corrected chi connectivity index (χ1v) is 7.50. The van der Waals surface area contributed by atoms with E-state index in [9.17, 15) is 0 Å². The van der Waals surface area contributed by atoms with Gasteiger partial charge in [0.25, 0.3) is 0 Å². The highest BCUT2D eigenvalue weighted by Crippen LogP contribution is 2.25. The third kappa shape index (κ3) is 2.79. The molecule has 0 bridgehead atoms. The molecule has 1 N–H and O–H groups in total. The quantitative estimate of drug-likeness (QED) is 0.884. The van der Waals surface area contributed by atoms with E-state index >= 15 is 0 Å². The van der Waals surface area contributed by atoms with E-state index in [2.05, 4.69) is 39.9 Å². The summed E-state index contributed by atoms with van der Waals surface area (Å²) in [7, 11) is 0. The average molecular weight is 258 g/mol. The van der Waals surface area contributed by atoms with Crippen molar-refractivity contribution in [1.82, 2.24) is 10.3 Å².